The Morgan fingerprint density at radius 3 is 2.54 bits per heavy atom. The van der Waals surface area contributed by atoms with Gasteiger partial charge >= 0.3 is 0 Å². The summed E-state index contributed by atoms with van der Waals surface area (Å²) in [6.45, 7) is 2.94. The van der Waals surface area contributed by atoms with Crippen molar-refractivity contribution in [3.05, 3.63) is 64.4 Å². The van der Waals surface area contributed by atoms with Crippen LogP contribution in [0, 0.1) is 0 Å². The van der Waals surface area contributed by atoms with Gasteiger partial charge in [-0.2, -0.15) is 0 Å². The topological polar surface area (TPSA) is 62.3 Å². The number of hydrogen-bond donors (Lipinski definition) is 1. The fourth-order valence-electron chi connectivity index (χ4n) is 2.26. The molecule has 0 fully saturated rings. The maximum Gasteiger partial charge on any atom is 0.224 e. The minimum Gasteiger partial charge on any atom is -0.354 e. The van der Waals surface area contributed by atoms with Gasteiger partial charge in [-0.15, -0.1) is 0 Å². The number of pyridine rings is 1. The van der Waals surface area contributed by atoms with Crippen LogP contribution in [0.2, 0.25) is 0 Å². The number of aromatic nitrogens is 1. The third-order valence-corrected chi connectivity index (χ3v) is 4.35. The van der Waals surface area contributed by atoms with Crippen molar-refractivity contribution in [2.45, 2.75) is 19.9 Å². The highest BCUT2D eigenvalue weighted by Gasteiger charge is 2.11. The summed E-state index contributed by atoms with van der Waals surface area (Å²) in [5.74, 6) is -0.0822. The molecule has 0 bridgehead atoms. The highest BCUT2D eigenvalue weighted by atomic mass is 79.9. The predicted molar refractivity (Wildman–Crippen MR) is 96.2 cm³/mol. The Bertz CT molecular complexity index is 692. The maximum atomic E-state index is 12.0. The van der Waals surface area contributed by atoms with Crippen molar-refractivity contribution in [2.24, 2.45) is 0 Å². The van der Waals surface area contributed by atoms with Crippen LogP contribution in [0.3, 0.4) is 0 Å². The van der Waals surface area contributed by atoms with Crippen molar-refractivity contribution in [2.75, 3.05) is 13.1 Å². The van der Waals surface area contributed by atoms with Crippen molar-refractivity contribution in [1.82, 2.24) is 15.2 Å². The lowest BCUT2D eigenvalue weighted by atomic mass is 10.1. The van der Waals surface area contributed by atoms with Crippen molar-refractivity contribution in [1.29, 1.82) is 0 Å². The highest BCUT2D eigenvalue weighted by Crippen LogP contribution is 2.16. The standard InChI is InChI=1S/C18H20BrN3O2/c1-14(23)22(13-15-6-8-20-9-7-15)11-10-21-18(24)12-16-4-2-3-5-17(16)19/h2-9H,10-13H2,1H3,(H,21,24). The van der Waals surface area contributed by atoms with Gasteiger partial charge in [-0.25, -0.2) is 0 Å². The maximum absolute atomic E-state index is 12.0. The molecule has 5 nitrogen and oxygen atoms in total. The van der Waals surface area contributed by atoms with Crippen LogP contribution in [0.15, 0.2) is 53.3 Å². The molecule has 0 aliphatic heterocycles. The molecule has 1 aromatic heterocycles. The molecule has 126 valence electrons. The number of carbonyl (C=O) groups is 2. The van der Waals surface area contributed by atoms with Gasteiger partial charge in [0.2, 0.25) is 11.8 Å². The molecule has 0 spiro atoms. The average molecular weight is 390 g/mol. The lowest BCUT2D eigenvalue weighted by Gasteiger charge is -2.21. The van der Waals surface area contributed by atoms with Crippen LogP contribution in [0.1, 0.15) is 18.1 Å². The van der Waals surface area contributed by atoms with Gasteiger partial charge in [0.15, 0.2) is 0 Å². The molecule has 0 saturated carbocycles. The summed E-state index contributed by atoms with van der Waals surface area (Å²) in [5.41, 5.74) is 1.95. The van der Waals surface area contributed by atoms with Crippen molar-refractivity contribution < 1.29 is 9.59 Å². The van der Waals surface area contributed by atoms with E-state index in [-0.39, 0.29) is 11.8 Å². The van der Waals surface area contributed by atoms with Crippen LogP contribution >= 0.6 is 15.9 Å². The van der Waals surface area contributed by atoms with Crippen molar-refractivity contribution in [3.63, 3.8) is 0 Å². The van der Waals surface area contributed by atoms with Crippen LogP contribution in [0.4, 0.5) is 0 Å². The molecule has 0 aliphatic rings. The molecule has 0 saturated heterocycles. The Morgan fingerprint density at radius 1 is 1.17 bits per heavy atom. The molecule has 1 heterocycles. The third-order valence-electron chi connectivity index (χ3n) is 3.58. The predicted octanol–water partition coefficient (Wildman–Crippen LogP) is 2.55. The Hall–Kier alpha value is -2.21. The van der Waals surface area contributed by atoms with E-state index >= 15 is 0 Å². The Morgan fingerprint density at radius 2 is 1.88 bits per heavy atom. The van der Waals surface area contributed by atoms with E-state index in [2.05, 4.69) is 26.2 Å². The van der Waals surface area contributed by atoms with Crippen LogP contribution in [-0.2, 0) is 22.6 Å². The van der Waals surface area contributed by atoms with E-state index in [0.717, 1.165) is 15.6 Å². The molecule has 24 heavy (non-hydrogen) atoms. The molecular formula is C18H20BrN3O2. The Labute approximate surface area is 150 Å². The molecule has 6 heteroatoms. The number of halogens is 1. The summed E-state index contributed by atoms with van der Waals surface area (Å²) in [6, 6.07) is 11.4. The summed E-state index contributed by atoms with van der Waals surface area (Å²) >= 11 is 3.43. The molecule has 1 aromatic carbocycles. The molecule has 2 aromatic rings. The van der Waals surface area contributed by atoms with Gasteiger partial charge in [0.05, 0.1) is 6.42 Å². The third kappa shape index (κ3) is 5.77. The van der Waals surface area contributed by atoms with E-state index in [0.29, 0.717) is 26.1 Å². The molecule has 1 N–H and O–H groups in total. The number of benzene rings is 1. The lowest BCUT2D eigenvalue weighted by molar-refractivity contribution is -0.130. The van der Waals surface area contributed by atoms with E-state index < -0.39 is 0 Å². The van der Waals surface area contributed by atoms with E-state index in [1.54, 1.807) is 17.3 Å². The van der Waals surface area contributed by atoms with E-state index in [1.807, 2.05) is 36.4 Å². The van der Waals surface area contributed by atoms with Gasteiger partial charge in [-0.1, -0.05) is 34.1 Å². The summed E-state index contributed by atoms with van der Waals surface area (Å²) in [7, 11) is 0. The second-order valence-corrected chi connectivity index (χ2v) is 6.27. The SMILES string of the molecule is CC(=O)N(CCNC(=O)Cc1ccccc1Br)Cc1ccncc1. The van der Waals surface area contributed by atoms with Crippen molar-refractivity contribution in [3.8, 4) is 0 Å². The quantitative estimate of drug-likeness (QED) is 0.791. The summed E-state index contributed by atoms with van der Waals surface area (Å²) in [6.07, 6.45) is 3.71. The first-order valence-corrected chi connectivity index (χ1v) is 8.50. The van der Waals surface area contributed by atoms with Gasteiger partial charge in [-0.05, 0) is 29.3 Å². The number of hydrogen-bond acceptors (Lipinski definition) is 3. The first kappa shape index (κ1) is 18.1. The van der Waals surface area contributed by atoms with E-state index in [1.165, 1.54) is 6.92 Å². The van der Waals surface area contributed by atoms with Gasteiger partial charge < -0.3 is 10.2 Å². The molecule has 0 atom stereocenters. The molecule has 2 amide bonds. The summed E-state index contributed by atoms with van der Waals surface area (Å²) < 4.78 is 0.920. The van der Waals surface area contributed by atoms with Crippen LogP contribution in [-0.4, -0.2) is 34.8 Å². The van der Waals surface area contributed by atoms with E-state index in [4.69, 9.17) is 0 Å². The second kappa shape index (κ2) is 9.17. The number of carbonyl (C=O) groups excluding carboxylic acids is 2. The molecule has 2 rings (SSSR count). The molecule has 0 radical (unpaired) electrons. The molecule has 0 unspecified atom stereocenters. The largest absolute Gasteiger partial charge is 0.354 e. The number of nitrogens with zero attached hydrogens (tertiary/aromatic N) is 2. The minimum absolute atomic E-state index is 0.0214. The summed E-state index contributed by atoms with van der Waals surface area (Å²) in [5, 5.41) is 2.86. The van der Waals surface area contributed by atoms with Crippen LogP contribution in [0.25, 0.3) is 0 Å². The number of amides is 2. The fraction of sp³-hybridized carbons (Fsp3) is 0.278. The monoisotopic (exact) mass is 389 g/mol. The number of nitrogens with one attached hydrogen (secondary N) is 1. The smallest absolute Gasteiger partial charge is 0.224 e. The zero-order valence-corrected chi connectivity index (χ0v) is 15.1. The molecular weight excluding hydrogens is 370 g/mol. The first-order chi connectivity index (χ1) is 11.6. The molecule has 0 aliphatic carbocycles. The van der Waals surface area contributed by atoms with Gasteiger partial charge in [0.25, 0.3) is 0 Å². The minimum atomic E-state index is -0.0608. The van der Waals surface area contributed by atoms with Crippen molar-refractivity contribution >= 4 is 27.7 Å². The zero-order valence-electron chi connectivity index (χ0n) is 13.5. The Kier molecular flexibility index (Phi) is 6.93. The Balaban J connectivity index is 1.81. The number of rotatable bonds is 7. The van der Waals surface area contributed by atoms with Gasteiger partial charge in [0, 0.05) is 43.4 Å². The van der Waals surface area contributed by atoms with Crippen LogP contribution in [0.5, 0.6) is 0 Å². The first-order valence-electron chi connectivity index (χ1n) is 7.71. The normalized spacial score (nSPS) is 10.2. The lowest BCUT2D eigenvalue weighted by Crippen LogP contribution is -2.37. The van der Waals surface area contributed by atoms with Gasteiger partial charge in [-0.3, -0.25) is 14.6 Å². The van der Waals surface area contributed by atoms with E-state index in [9.17, 15) is 9.59 Å². The summed E-state index contributed by atoms with van der Waals surface area (Å²) in [4.78, 5) is 29.4. The highest BCUT2D eigenvalue weighted by molar-refractivity contribution is 9.10. The van der Waals surface area contributed by atoms with Crippen LogP contribution < -0.4 is 5.32 Å². The average Bonchev–Trinajstić information content (AvgIpc) is 2.57. The second-order valence-electron chi connectivity index (χ2n) is 5.41. The van der Waals surface area contributed by atoms with Gasteiger partial charge in [0.1, 0.15) is 0 Å². The fourth-order valence-corrected chi connectivity index (χ4v) is 2.69. The zero-order chi connectivity index (χ0) is 17.4.